The molecule has 3 rings (SSSR count). The predicted octanol–water partition coefficient (Wildman–Crippen LogP) is 5.27. The number of rotatable bonds is 3. The average Bonchev–Trinajstić information content (AvgIpc) is 2.72. The first-order valence-electron chi connectivity index (χ1n) is 7.89. The summed E-state index contributed by atoms with van der Waals surface area (Å²) in [4.78, 5) is 0. The van der Waals surface area contributed by atoms with Crippen molar-refractivity contribution in [3.63, 3.8) is 0 Å². The standard InChI is InChI=1S/C19H25N/c1-5-20-18(11-10-16-13(2)12-14(16)3)15(4)17-8-6-7-9-19(17)20/h6-11,13-14,16H,5,12H2,1-4H3/b11-10-. The van der Waals surface area contributed by atoms with Crippen LogP contribution in [-0.4, -0.2) is 4.57 Å². The molecule has 0 spiro atoms. The molecule has 1 fully saturated rings. The Hall–Kier alpha value is -1.50. The highest BCUT2D eigenvalue weighted by molar-refractivity contribution is 5.87. The van der Waals surface area contributed by atoms with Crippen molar-refractivity contribution in [3.05, 3.63) is 41.6 Å². The van der Waals surface area contributed by atoms with Crippen molar-refractivity contribution in [1.29, 1.82) is 0 Å². The molecule has 1 heteroatoms. The Balaban J connectivity index is 2.02. The average molecular weight is 267 g/mol. The fraction of sp³-hybridized carbons (Fsp3) is 0.474. The monoisotopic (exact) mass is 267 g/mol. The van der Waals surface area contributed by atoms with Crippen LogP contribution in [-0.2, 0) is 6.54 Å². The highest BCUT2D eigenvalue weighted by Crippen LogP contribution is 2.41. The number of para-hydroxylation sites is 1. The lowest BCUT2D eigenvalue weighted by molar-refractivity contribution is 0.149. The smallest absolute Gasteiger partial charge is 0.0487 e. The molecule has 2 atom stereocenters. The zero-order valence-electron chi connectivity index (χ0n) is 13.1. The lowest BCUT2D eigenvalue weighted by Gasteiger charge is -2.39. The largest absolute Gasteiger partial charge is 0.341 e. The van der Waals surface area contributed by atoms with Crippen LogP contribution in [0.1, 0.15) is 38.4 Å². The van der Waals surface area contributed by atoms with Crippen LogP contribution in [0.3, 0.4) is 0 Å². The maximum Gasteiger partial charge on any atom is 0.0487 e. The summed E-state index contributed by atoms with van der Waals surface area (Å²) in [6.45, 7) is 10.3. The Morgan fingerprint density at radius 1 is 1.20 bits per heavy atom. The van der Waals surface area contributed by atoms with E-state index in [9.17, 15) is 0 Å². The molecule has 1 aliphatic rings. The van der Waals surface area contributed by atoms with E-state index in [2.05, 4.69) is 68.7 Å². The topological polar surface area (TPSA) is 4.93 Å². The molecule has 20 heavy (non-hydrogen) atoms. The number of aryl methyl sites for hydroxylation is 2. The lowest BCUT2D eigenvalue weighted by atomic mass is 9.66. The van der Waals surface area contributed by atoms with Gasteiger partial charge in [-0.3, -0.25) is 0 Å². The van der Waals surface area contributed by atoms with Gasteiger partial charge in [-0.15, -0.1) is 0 Å². The minimum Gasteiger partial charge on any atom is -0.341 e. The van der Waals surface area contributed by atoms with Crippen molar-refractivity contribution in [1.82, 2.24) is 4.57 Å². The Morgan fingerprint density at radius 2 is 1.90 bits per heavy atom. The number of benzene rings is 1. The number of allylic oxidation sites excluding steroid dienone is 1. The first-order valence-corrected chi connectivity index (χ1v) is 7.89. The van der Waals surface area contributed by atoms with Gasteiger partial charge in [0, 0.05) is 23.1 Å². The SMILES string of the molecule is CCn1c(/C=C\C2C(C)CC2C)c(C)c2ccccc21. The molecule has 2 unspecified atom stereocenters. The highest BCUT2D eigenvalue weighted by atomic mass is 15.0. The normalized spacial score (nSPS) is 26.3. The van der Waals surface area contributed by atoms with Crippen LogP contribution in [0.15, 0.2) is 30.3 Å². The Kier molecular flexibility index (Phi) is 3.45. The molecule has 0 N–H and O–H groups in total. The van der Waals surface area contributed by atoms with E-state index in [1.54, 1.807) is 0 Å². The van der Waals surface area contributed by atoms with E-state index in [0.29, 0.717) is 0 Å². The van der Waals surface area contributed by atoms with Gasteiger partial charge in [0.2, 0.25) is 0 Å². The molecule has 0 aliphatic heterocycles. The molecular formula is C19H25N. The van der Waals surface area contributed by atoms with Gasteiger partial charge in [0.15, 0.2) is 0 Å². The number of aromatic nitrogens is 1. The fourth-order valence-electron chi connectivity index (χ4n) is 3.90. The first-order chi connectivity index (χ1) is 9.63. The second kappa shape index (κ2) is 5.12. The van der Waals surface area contributed by atoms with Crippen LogP contribution in [0.4, 0.5) is 0 Å². The van der Waals surface area contributed by atoms with Gasteiger partial charge in [0.1, 0.15) is 0 Å². The van der Waals surface area contributed by atoms with Crippen molar-refractivity contribution < 1.29 is 0 Å². The summed E-state index contributed by atoms with van der Waals surface area (Å²) in [6, 6.07) is 8.75. The van der Waals surface area contributed by atoms with E-state index in [1.165, 1.54) is 28.6 Å². The highest BCUT2D eigenvalue weighted by Gasteiger charge is 2.32. The van der Waals surface area contributed by atoms with Crippen LogP contribution in [0, 0.1) is 24.7 Å². The van der Waals surface area contributed by atoms with E-state index in [-0.39, 0.29) is 0 Å². The van der Waals surface area contributed by atoms with Gasteiger partial charge in [-0.2, -0.15) is 0 Å². The fourth-order valence-corrected chi connectivity index (χ4v) is 3.90. The molecule has 106 valence electrons. The molecule has 1 aliphatic carbocycles. The molecule has 2 aromatic rings. The molecule has 0 amide bonds. The molecule has 0 saturated heterocycles. The van der Waals surface area contributed by atoms with E-state index in [0.717, 1.165) is 24.3 Å². The Labute approximate surface area is 122 Å². The van der Waals surface area contributed by atoms with Gasteiger partial charge in [0.05, 0.1) is 0 Å². The van der Waals surface area contributed by atoms with Crippen molar-refractivity contribution in [2.24, 2.45) is 17.8 Å². The Bertz CT molecular complexity index is 639. The van der Waals surface area contributed by atoms with Crippen molar-refractivity contribution in [2.75, 3.05) is 0 Å². The molecule has 1 nitrogen and oxygen atoms in total. The van der Waals surface area contributed by atoms with Gasteiger partial charge >= 0.3 is 0 Å². The zero-order chi connectivity index (χ0) is 14.3. The summed E-state index contributed by atoms with van der Waals surface area (Å²) in [5.74, 6) is 2.46. The second-order valence-electron chi connectivity index (χ2n) is 6.40. The summed E-state index contributed by atoms with van der Waals surface area (Å²) in [6.07, 6.45) is 6.20. The summed E-state index contributed by atoms with van der Waals surface area (Å²) in [5.41, 5.74) is 4.17. The van der Waals surface area contributed by atoms with Crippen LogP contribution in [0.2, 0.25) is 0 Å². The van der Waals surface area contributed by atoms with Gasteiger partial charge in [-0.05, 0) is 55.7 Å². The van der Waals surface area contributed by atoms with Crippen LogP contribution < -0.4 is 0 Å². The third kappa shape index (κ3) is 2.00. The van der Waals surface area contributed by atoms with Crippen molar-refractivity contribution >= 4 is 17.0 Å². The summed E-state index contributed by atoms with van der Waals surface area (Å²) >= 11 is 0. The second-order valence-corrected chi connectivity index (χ2v) is 6.40. The minimum absolute atomic E-state index is 0.762. The summed E-state index contributed by atoms with van der Waals surface area (Å²) < 4.78 is 2.44. The minimum atomic E-state index is 0.762. The number of hydrogen-bond acceptors (Lipinski definition) is 0. The summed E-state index contributed by atoms with van der Waals surface area (Å²) in [7, 11) is 0. The molecule has 1 saturated carbocycles. The molecule has 1 aromatic heterocycles. The van der Waals surface area contributed by atoms with Crippen LogP contribution in [0.5, 0.6) is 0 Å². The van der Waals surface area contributed by atoms with E-state index >= 15 is 0 Å². The van der Waals surface area contributed by atoms with Gasteiger partial charge < -0.3 is 4.57 Å². The van der Waals surface area contributed by atoms with Crippen molar-refractivity contribution in [2.45, 2.75) is 40.7 Å². The maximum atomic E-state index is 2.45. The van der Waals surface area contributed by atoms with Gasteiger partial charge in [-0.1, -0.05) is 38.1 Å². The number of hydrogen-bond donors (Lipinski definition) is 0. The quantitative estimate of drug-likeness (QED) is 0.713. The molecular weight excluding hydrogens is 242 g/mol. The number of nitrogens with zero attached hydrogens (tertiary/aromatic N) is 1. The zero-order valence-corrected chi connectivity index (χ0v) is 13.1. The third-order valence-corrected chi connectivity index (χ3v) is 5.12. The lowest BCUT2D eigenvalue weighted by Crippen LogP contribution is -2.30. The third-order valence-electron chi connectivity index (χ3n) is 5.12. The van der Waals surface area contributed by atoms with Crippen LogP contribution in [0.25, 0.3) is 17.0 Å². The predicted molar refractivity (Wildman–Crippen MR) is 87.8 cm³/mol. The first kappa shape index (κ1) is 13.5. The maximum absolute atomic E-state index is 2.45. The number of fused-ring (bicyclic) bond motifs is 1. The van der Waals surface area contributed by atoms with Crippen LogP contribution >= 0.6 is 0 Å². The molecule has 1 aromatic carbocycles. The van der Waals surface area contributed by atoms with E-state index in [1.807, 2.05) is 0 Å². The molecule has 0 radical (unpaired) electrons. The van der Waals surface area contributed by atoms with E-state index < -0.39 is 0 Å². The van der Waals surface area contributed by atoms with Gasteiger partial charge in [0.25, 0.3) is 0 Å². The summed E-state index contributed by atoms with van der Waals surface area (Å²) in [5, 5.41) is 1.39. The van der Waals surface area contributed by atoms with E-state index in [4.69, 9.17) is 0 Å². The van der Waals surface area contributed by atoms with Crippen molar-refractivity contribution in [3.8, 4) is 0 Å². The molecule has 0 bridgehead atoms. The van der Waals surface area contributed by atoms with Gasteiger partial charge in [-0.25, -0.2) is 0 Å². The molecule has 1 heterocycles. The Morgan fingerprint density at radius 3 is 2.55 bits per heavy atom.